The SMILES string of the molecule is Brc1ccc(-c2cccc(-c3ccc(-c4ccccc4)c4ccccc34)c2)cc1. The number of hydrogen-bond acceptors (Lipinski definition) is 0. The fraction of sp³-hybridized carbons (Fsp3) is 0. The first kappa shape index (κ1) is 17.9. The van der Waals surface area contributed by atoms with Crippen LogP contribution in [0, 0.1) is 0 Å². The van der Waals surface area contributed by atoms with Gasteiger partial charge in [-0.1, -0.05) is 113 Å². The predicted octanol–water partition coefficient (Wildman–Crippen LogP) is 8.60. The smallest absolute Gasteiger partial charge is 0.0175 e. The quantitative estimate of drug-likeness (QED) is 0.266. The van der Waals surface area contributed by atoms with E-state index in [2.05, 4.69) is 131 Å². The van der Waals surface area contributed by atoms with Crippen molar-refractivity contribution in [3.8, 4) is 33.4 Å². The van der Waals surface area contributed by atoms with Gasteiger partial charge in [0.05, 0.1) is 0 Å². The van der Waals surface area contributed by atoms with Crippen LogP contribution in [-0.4, -0.2) is 0 Å². The van der Waals surface area contributed by atoms with Crippen LogP contribution in [0.4, 0.5) is 0 Å². The standard InChI is InChI=1S/C28H19Br/c29-24-15-13-20(14-16-24)22-9-6-10-23(19-22)26-18-17-25(21-7-2-1-3-8-21)27-11-4-5-12-28(26)27/h1-19H. The molecule has 0 saturated heterocycles. The number of rotatable bonds is 3. The Morgan fingerprint density at radius 2 is 0.931 bits per heavy atom. The van der Waals surface area contributed by atoms with E-state index in [1.54, 1.807) is 0 Å². The Balaban J connectivity index is 1.67. The molecule has 5 aromatic rings. The molecule has 5 rings (SSSR count). The molecule has 0 saturated carbocycles. The zero-order valence-corrected chi connectivity index (χ0v) is 17.4. The molecule has 0 unspecified atom stereocenters. The minimum atomic E-state index is 1.10. The molecule has 0 bridgehead atoms. The minimum Gasteiger partial charge on any atom is -0.0622 e. The number of halogens is 1. The first-order valence-corrected chi connectivity index (χ1v) is 10.5. The molecule has 0 aliphatic rings. The summed E-state index contributed by atoms with van der Waals surface area (Å²) in [6.45, 7) is 0. The minimum absolute atomic E-state index is 1.10. The van der Waals surface area contributed by atoms with E-state index in [4.69, 9.17) is 0 Å². The molecule has 0 aromatic heterocycles. The average molecular weight is 435 g/mol. The molecule has 0 atom stereocenters. The maximum Gasteiger partial charge on any atom is 0.0175 e. The molecule has 5 aromatic carbocycles. The van der Waals surface area contributed by atoms with Crippen molar-refractivity contribution >= 4 is 26.7 Å². The third kappa shape index (κ3) is 3.50. The lowest BCUT2D eigenvalue weighted by atomic mass is 9.91. The lowest BCUT2D eigenvalue weighted by Gasteiger charge is -2.13. The number of fused-ring (bicyclic) bond motifs is 1. The van der Waals surface area contributed by atoms with Crippen molar-refractivity contribution in [3.05, 3.63) is 120 Å². The first-order chi connectivity index (χ1) is 14.3. The molecule has 0 heterocycles. The van der Waals surface area contributed by atoms with Crippen molar-refractivity contribution in [1.82, 2.24) is 0 Å². The molecule has 0 amide bonds. The Bertz CT molecular complexity index is 1290. The molecular weight excluding hydrogens is 416 g/mol. The summed E-state index contributed by atoms with van der Waals surface area (Å²) in [5.41, 5.74) is 7.47. The van der Waals surface area contributed by atoms with E-state index in [0.29, 0.717) is 0 Å². The van der Waals surface area contributed by atoms with Crippen LogP contribution in [-0.2, 0) is 0 Å². The van der Waals surface area contributed by atoms with Gasteiger partial charge in [0.25, 0.3) is 0 Å². The second kappa shape index (κ2) is 7.69. The largest absolute Gasteiger partial charge is 0.0622 e. The average Bonchev–Trinajstić information content (AvgIpc) is 2.79. The highest BCUT2D eigenvalue weighted by Gasteiger charge is 2.10. The fourth-order valence-corrected chi connectivity index (χ4v) is 4.19. The molecule has 138 valence electrons. The van der Waals surface area contributed by atoms with Crippen LogP contribution in [0.2, 0.25) is 0 Å². The lowest BCUT2D eigenvalue weighted by molar-refractivity contribution is 1.58. The van der Waals surface area contributed by atoms with Gasteiger partial charge in [0.15, 0.2) is 0 Å². The zero-order valence-electron chi connectivity index (χ0n) is 15.8. The lowest BCUT2D eigenvalue weighted by Crippen LogP contribution is -1.87. The molecular formula is C28H19Br. The van der Waals surface area contributed by atoms with E-state index < -0.39 is 0 Å². The highest BCUT2D eigenvalue weighted by molar-refractivity contribution is 9.10. The van der Waals surface area contributed by atoms with Gasteiger partial charge in [0.2, 0.25) is 0 Å². The van der Waals surface area contributed by atoms with Crippen LogP contribution < -0.4 is 0 Å². The molecule has 29 heavy (non-hydrogen) atoms. The van der Waals surface area contributed by atoms with Gasteiger partial charge in [-0.05, 0) is 62.4 Å². The fourth-order valence-electron chi connectivity index (χ4n) is 3.93. The summed E-state index contributed by atoms with van der Waals surface area (Å²) in [7, 11) is 0. The molecule has 0 aliphatic heterocycles. The Hall–Kier alpha value is -3.16. The monoisotopic (exact) mass is 434 g/mol. The van der Waals surface area contributed by atoms with Crippen molar-refractivity contribution in [3.63, 3.8) is 0 Å². The van der Waals surface area contributed by atoms with E-state index in [1.807, 2.05) is 0 Å². The molecule has 0 aliphatic carbocycles. The Morgan fingerprint density at radius 1 is 0.379 bits per heavy atom. The van der Waals surface area contributed by atoms with Crippen LogP contribution in [0.1, 0.15) is 0 Å². The van der Waals surface area contributed by atoms with E-state index in [0.717, 1.165) is 4.47 Å². The molecule has 0 N–H and O–H groups in total. The molecule has 0 fully saturated rings. The van der Waals surface area contributed by atoms with Gasteiger partial charge < -0.3 is 0 Å². The normalized spacial score (nSPS) is 10.9. The number of benzene rings is 5. The van der Waals surface area contributed by atoms with Crippen molar-refractivity contribution in [2.75, 3.05) is 0 Å². The third-order valence-electron chi connectivity index (χ3n) is 5.36. The van der Waals surface area contributed by atoms with E-state index in [9.17, 15) is 0 Å². The zero-order chi connectivity index (χ0) is 19.6. The maximum atomic E-state index is 3.52. The molecule has 0 nitrogen and oxygen atoms in total. The van der Waals surface area contributed by atoms with Crippen molar-refractivity contribution in [2.45, 2.75) is 0 Å². The van der Waals surface area contributed by atoms with Gasteiger partial charge in [-0.15, -0.1) is 0 Å². The van der Waals surface area contributed by atoms with E-state index in [-0.39, 0.29) is 0 Å². The molecule has 0 radical (unpaired) electrons. The van der Waals surface area contributed by atoms with Crippen LogP contribution in [0.3, 0.4) is 0 Å². The van der Waals surface area contributed by atoms with Gasteiger partial charge in [0.1, 0.15) is 0 Å². The third-order valence-corrected chi connectivity index (χ3v) is 5.89. The Kier molecular flexibility index (Phi) is 4.75. The Labute approximate surface area is 179 Å². The summed E-state index contributed by atoms with van der Waals surface area (Å²) in [5, 5.41) is 2.56. The second-order valence-electron chi connectivity index (χ2n) is 7.16. The highest BCUT2D eigenvalue weighted by Crippen LogP contribution is 2.36. The van der Waals surface area contributed by atoms with Gasteiger partial charge in [-0.25, -0.2) is 0 Å². The van der Waals surface area contributed by atoms with Crippen LogP contribution in [0.5, 0.6) is 0 Å². The summed E-state index contributed by atoms with van der Waals surface area (Å²) >= 11 is 3.52. The van der Waals surface area contributed by atoms with Crippen molar-refractivity contribution in [1.29, 1.82) is 0 Å². The maximum absolute atomic E-state index is 3.52. The number of hydrogen-bond donors (Lipinski definition) is 0. The summed E-state index contributed by atoms with van der Waals surface area (Å²) in [5.74, 6) is 0. The van der Waals surface area contributed by atoms with Crippen LogP contribution in [0.15, 0.2) is 120 Å². The summed E-state index contributed by atoms with van der Waals surface area (Å²) in [4.78, 5) is 0. The van der Waals surface area contributed by atoms with E-state index >= 15 is 0 Å². The van der Waals surface area contributed by atoms with Gasteiger partial charge in [0, 0.05) is 4.47 Å². The van der Waals surface area contributed by atoms with Gasteiger partial charge >= 0.3 is 0 Å². The topological polar surface area (TPSA) is 0 Å². The van der Waals surface area contributed by atoms with Crippen molar-refractivity contribution in [2.24, 2.45) is 0 Å². The Morgan fingerprint density at radius 3 is 1.62 bits per heavy atom. The van der Waals surface area contributed by atoms with Gasteiger partial charge in [-0.2, -0.15) is 0 Å². The highest BCUT2D eigenvalue weighted by atomic mass is 79.9. The predicted molar refractivity (Wildman–Crippen MR) is 128 cm³/mol. The summed E-state index contributed by atoms with van der Waals surface area (Å²) < 4.78 is 1.10. The molecule has 1 heteroatoms. The molecule has 0 spiro atoms. The van der Waals surface area contributed by atoms with Gasteiger partial charge in [-0.3, -0.25) is 0 Å². The van der Waals surface area contributed by atoms with Crippen LogP contribution in [0.25, 0.3) is 44.2 Å². The first-order valence-electron chi connectivity index (χ1n) is 9.73. The second-order valence-corrected chi connectivity index (χ2v) is 8.08. The van der Waals surface area contributed by atoms with Crippen LogP contribution >= 0.6 is 15.9 Å². The van der Waals surface area contributed by atoms with Crippen molar-refractivity contribution < 1.29 is 0 Å². The van der Waals surface area contributed by atoms with E-state index in [1.165, 1.54) is 44.2 Å². The summed E-state index contributed by atoms with van der Waals surface area (Å²) in [6.07, 6.45) is 0. The summed E-state index contributed by atoms with van der Waals surface area (Å²) in [6, 6.07) is 41.1.